The number of fused-ring (bicyclic) bond motifs is 2. The number of carbonyl (C=O) groups is 1. The number of rotatable bonds is 3. The number of anilines is 2. The summed E-state index contributed by atoms with van der Waals surface area (Å²) in [5.41, 5.74) is 1.82. The highest BCUT2D eigenvalue weighted by atomic mass is 79.9. The molecule has 4 aromatic heterocycles. The Morgan fingerprint density at radius 1 is 1.22 bits per heavy atom. The lowest BCUT2D eigenvalue weighted by molar-refractivity contribution is 0.0690. The molecule has 4 N–H and O–H groups in total. The largest absolute Gasteiger partial charge is 0.477 e. The maximum atomic E-state index is 11.2. The summed E-state index contributed by atoms with van der Waals surface area (Å²) in [6.07, 6.45) is 4.65. The van der Waals surface area contributed by atoms with Gasteiger partial charge in [0.25, 0.3) is 0 Å². The van der Waals surface area contributed by atoms with E-state index in [9.17, 15) is 9.90 Å². The van der Waals surface area contributed by atoms with Crippen LogP contribution < -0.4 is 5.32 Å². The van der Waals surface area contributed by atoms with Crippen LogP contribution in [0.2, 0.25) is 0 Å². The third-order valence-corrected chi connectivity index (χ3v) is 4.09. The number of H-pyrrole nitrogens is 2. The van der Waals surface area contributed by atoms with Gasteiger partial charge in [0.2, 0.25) is 0 Å². The zero-order valence-corrected chi connectivity index (χ0v) is 12.9. The first kappa shape index (κ1) is 13.6. The summed E-state index contributed by atoms with van der Waals surface area (Å²) in [7, 11) is 0. The zero-order valence-electron chi connectivity index (χ0n) is 11.3. The number of aromatic carboxylic acids is 1. The lowest BCUT2D eigenvalue weighted by atomic mass is 10.3. The highest BCUT2D eigenvalue weighted by molar-refractivity contribution is 9.10. The standard InChI is InChI=1S/C13H8BrN7O2/c14-8-7-11(16-4-17-12(7)20-9(8)13(22)23)19-6-1-5-2-18-21-10(5)15-3-6/h1-4H,(H,22,23)(H,15,18,21)(H2,16,17,19,20). The minimum Gasteiger partial charge on any atom is -0.477 e. The molecule has 4 aromatic rings. The molecule has 0 radical (unpaired) electrons. The average molecular weight is 374 g/mol. The van der Waals surface area contributed by atoms with Crippen molar-refractivity contribution in [1.82, 2.24) is 30.1 Å². The highest BCUT2D eigenvalue weighted by Crippen LogP contribution is 2.32. The monoisotopic (exact) mass is 373 g/mol. The van der Waals surface area contributed by atoms with Gasteiger partial charge < -0.3 is 15.4 Å². The zero-order chi connectivity index (χ0) is 16.0. The summed E-state index contributed by atoms with van der Waals surface area (Å²) in [5, 5.41) is 20.4. The predicted octanol–water partition coefficient (Wildman–Crippen LogP) is 2.43. The number of nitrogens with zero attached hydrogens (tertiary/aromatic N) is 4. The Bertz CT molecular complexity index is 1060. The first-order valence-corrected chi connectivity index (χ1v) is 7.24. The quantitative estimate of drug-likeness (QED) is 0.433. The molecule has 4 rings (SSSR count). The Labute approximate surface area is 136 Å². The van der Waals surface area contributed by atoms with Crippen molar-refractivity contribution < 1.29 is 9.90 Å². The van der Waals surface area contributed by atoms with Crippen LogP contribution in [-0.4, -0.2) is 41.2 Å². The Kier molecular flexibility index (Phi) is 2.98. The van der Waals surface area contributed by atoms with E-state index < -0.39 is 5.97 Å². The molecule has 23 heavy (non-hydrogen) atoms. The fourth-order valence-corrected chi connectivity index (χ4v) is 2.91. The van der Waals surface area contributed by atoms with Gasteiger partial charge in [-0.1, -0.05) is 0 Å². The predicted molar refractivity (Wildman–Crippen MR) is 85.7 cm³/mol. The Morgan fingerprint density at radius 2 is 2.09 bits per heavy atom. The number of pyridine rings is 1. The van der Waals surface area contributed by atoms with Gasteiger partial charge in [0.05, 0.1) is 27.9 Å². The Morgan fingerprint density at radius 3 is 2.91 bits per heavy atom. The number of nitrogens with one attached hydrogen (secondary N) is 3. The first-order valence-electron chi connectivity index (χ1n) is 6.45. The van der Waals surface area contributed by atoms with Crippen LogP contribution in [0.4, 0.5) is 11.5 Å². The van der Waals surface area contributed by atoms with E-state index in [1.165, 1.54) is 6.33 Å². The minimum atomic E-state index is -1.08. The molecule has 9 nitrogen and oxygen atoms in total. The SMILES string of the molecule is O=C(O)c1[nH]c2ncnc(Nc3cnc4[nH]ncc4c3)c2c1Br. The molecule has 0 aliphatic rings. The summed E-state index contributed by atoms with van der Waals surface area (Å²) in [6.45, 7) is 0. The number of halogens is 1. The van der Waals surface area contributed by atoms with Crippen LogP contribution >= 0.6 is 15.9 Å². The molecule has 0 fully saturated rings. The highest BCUT2D eigenvalue weighted by Gasteiger charge is 2.19. The van der Waals surface area contributed by atoms with Crippen LogP contribution in [0.1, 0.15) is 10.5 Å². The van der Waals surface area contributed by atoms with Crippen molar-refractivity contribution in [2.24, 2.45) is 0 Å². The second-order valence-corrected chi connectivity index (χ2v) is 5.51. The molecule has 0 aliphatic heterocycles. The van der Waals surface area contributed by atoms with Crippen molar-refractivity contribution in [2.45, 2.75) is 0 Å². The molecular formula is C13H8BrN7O2. The maximum Gasteiger partial charge on any atom is 0.353 e. The van der Waals surface area contributed by atoms with Gasteiger partial charge in [0.15, 0.2) is 5.65 Å². The van der Waals surface area contributed by atoms with E-state index in [-0.39, 0.29) is 5.69 Å². The topological polar surface area (TPSA) is 132 Å². The summed E-state index contributed by atoms with van der Waals surface area (Å²) in [5.74, 6) is -0.613. The number of hydrogen-bond donors (Lipinski definition) is 4. The van der Waals surface area contributed by atoms with Crippen molar-refractivity contribution >= 4 is 55.5 Å². The van der Waals surface area contributed by atoms with Gasteiger partial charge in [-0.15, -0.1) is 0 Å². The van der Waals surface area contributed by atoms with Crippen molar-refractivity contribution in [2.75, 3.05) is 5.32 Å². The molecular weight excluding hydrogens is 366 g/mol. The molecule has 0 aliphatic carbocycles. The van der Waals surface area contributed by atoms with Crippen molar-refractivity contribution in [1.29, 1.82) is 0 Å². The van der Waals surface area contributed by atoms with E-state index >= 15 is 0 Å². The van der Waals surface area contributed by atoms with Gasteiger partial charge in [-0.2, -0.15) is 5.10 Å². The van der Waals surface area contributed by atoms with Crippen LogP contribution in [0.15, 0.2) is 29.3 Å². The van der Waals surface area contributed by atoms with Crippen LogP contribution in [0, 0.1) is 0 Å². The second kappa shape index (κ2) is 5.02. The number of aromatic amines is 2. The molecule has 0 spiro atoms. The lowest BCUT2D eigenvalue weighted by Gasteiger charge is -2.06. The van der Waals surface area contributed by atoms with E-state index in [0.717, 1.165) is 5.39 Å². The summed E-state index contributed by atoms with van der Waals surface area (Å²) in [6, 6.07) is 1.86. The van der Waals surface area contributed by atoms with Gasteiger partial charge in [-0.25, -0.2) is 19.7 Å². The fraction of sp³-hybridized carbons (Fsp3) is 0. The molecule has 0 bridgehead atoms. The summed E-state index contributed by atoms with van der Waals surface area (Å²) >= 11 is 3.29. The van der Waals surface area contributed by atoms with Gasteiger partial charge in [0.1, 0.15) is 23.5 Å². The molecule has 0 saturated heterocycles. The Balaban J connectivity index is 1.83. The molecule has 0 aromatic carbocycles. The number of carboxylic acid groups (broad SMARTS) is 1. The van der Waals surface area contributed by atoms with Crippen molar-refractivity contribution in [3.63, 3.8) is 0 Å². The van der Waals surface area contributed by atoms with E-state index in [2.05, 4.69) is 51.4 Å². The maximum absolute atomic E-state index is 11.2. The van der Waals surface area contributed by atoms with Crippen molar-refractivity contribution in [3.05, 3.63) is 35.0 Å². The van der Waals surface area contributed by atoms with Crippen LogP contribution in [-0.2, 0) is 0 Å². The Hall–Kier alpha value is -3.01. The van der Waals surface area contributed by atoms with E-state index in [1.54, 1.807) is 12.4 Å². The van der Waals surface area contributed by atoms with Crippen LogP contribution in [0.25, 0.3) is 22.1 Å². The molecule has 4 heterocycles. The lowest BCUT2D eigenvalue weighted by Crippen LogP contribution is -1.97. The van der Waals surface area contributed by atoms with Gasteiger partial charge in [-0.3, -0.25) is 5.10 Å². The molecule has 0 atom stereocenters. The smallest absolute Gasteiger partial charge is 0.353 e. The number of aromatic nitrogens is 6. The van der Waals surface area contributed by atoms with E-state index in [1.807, 2.05) is 6.07 Å². The number of hydrogen-bond acceptors (Lipinski definition) is 6. The molecule has 10 heteroatoms. The van der Waals surface area contributed by atoms with Gasteiger partial charge in [0, 0.05) is 5.39 Å². The van der Waals surface area contributed by atoms with Gasteiger partial charge in [-0.05, 0) is 22.0 Å². The second-order valence-electron chi connectivity index (χ2n) is 4.72. The number of carboxylic acids is 1. The normalized spacial score (nSPS) is 11.2. The average Bonchev–Trinajstić information content (AvgIpc) is 3.12. The minimum absolute atomic E-state index is 0.0203. The third-order valence-electron chi connectivity index (χ3n) is 3.30. The summed E-state index contributed by atoms with van der Waals surface area (Å²) < 4.78 is 0.389. The molecule has 114 valence electrons. The van der Waals surface area contributed by atoms with Crippen molar-refractivity contribution in [3.8, 4) is 0 Å². The summed E-state index contributed by atoms with van der Waals surface area (Å²) in [4.78, 5) is 26.5. The fourth-order valence-electron chi connectivity index (χ4n) is 2.27. The molecule has 0 saturated carbocycles. The van der Waals surface area contributed by atoms with Crippen LogP contribution in [0.3, 0.4) is 0 Å². The van der Waals surface area contributed by atoms with E-state index in [4.69, 9.17) is 0 Å². The van der Waals surface area contributed by atoms with E-state index in [0.29, 0.717) is 32.7 Å². The van der Waals surface area contributed by atoms with Gasteiger partial charge >= 0.3 is 5.97 Å². The van der Waals surface area contributed by atoms with Crippen LogP contribution in [0.5, 0.6) is 0 Å². The first-order chi connectivity index (χ1) is 11.1. The third kappa shape index (κ3) is 2.19. The molecule has 0 amide bonds. The molecule has 0 unspecified atom stereocenters.